The van der Waals surface area contributed by atoms with Crippen molar-refractivity contribution in [3.05, 3.63) is 54.4 Å². The number of piperazine rings is 1. The zero-order chi connectivity index (χ0) is 21.3. The molecule has 1 aliphatic rings. The summed E-state index contributed by atoms with van der Waals surface area (Å²) < 4.78 is 35.1. The van der Waals surface area contributed by atoms with Crippen LogP contribution < -0.4 is 9.64 Å². The molecule has 0 saturated carbocycles. The molecule has 4 rings (SSSR count). The van der Waals surface area contributed by atoms with Crippen LogP contribution in [0.1, 0.15) is 11.1 Å². The molecule has 9 nitrogen and oxygen atoms in total. The molecule has 3 aromatic rings. The van der Waals surface area contributed by atoms with Gasteiger partial charge < -0.3 is 9.64 Å². The molecular formula is C20H24N6O3S. The van der Waals surface area contributed by atoms with E-state index in [-0.39, 0.29) is 0 Å². The number of benzene rings is 1. The second-order valence-electron chi connectivity index (χ2n) is 7.18. The Kier molecular flexibility index (Phi) is 5.44. The van der Waals surface area contributed by atoms with Gasteiger partial charge in [-0.15, -0.1) is 0 Å². The Morgan fingerprint density at radius 1 is 0.967 bits per heavy atom. The molecule has 0 radical (unpaired) electrons. The Bertz CT molecular complexity index is 1140. The quantitative estimate of drug-likeness (QED) is 0.612. The van der Waals surface area contributed by atoms with Crippen molar-refractivity contribution in [2.45, 2.75) is 18.7 Å². The summed E-state index contributed by atoms with van der Waals surface area (Å²) >= 11 is 0. The highest BCUT2D eigenvalue weighted by molar-refractivity contribution is 7.89. The summed E-state index contributed by atoms with van der Waals surface area (Å²) in [5, 5.41) is 0. The van der Waals surface area contributed by atoms with Crippen molar-refractivity contribution in [2.75, 3.05) is 38.2 Å². The normalized spacial score (nSPS) is 15.4. The van der Waals surface area contributed by atoms with Crippen molar-refractivity contribution < 1.29 is 13.2 Å². The topological polar surface area (TPSA) is 93.5 Å². The Labute approximate surface area is 176 Å². The molecule has 0 bridgehead atoms. The monoisotopic (exact) mass is 428 g/mol. The Morgan fingerprint density at radius 2 is 1.70 bits per heavy atom. The summed E-state index contributed by atoms with van der Waals surface area (Å²) in [6.07, 6.45) is 6.69. The number of anilines is 1. The van der Waals surface area contributed by atoms with Crippen LogP contribution in [0.5, 0.6) is 5.75 Å². The van der Waals surface area contributed by atoms with Crippen molar-refractivity contribution in [2.24, 2.45) is 0 Å². The molecule has 0 N–H and O–H groups in total. The van der Waals surface area contributed by atoms with Crippen LogP contribution in [0.3, 0.4) is 0 Å². The largest absolute Gasteiger partial charge is 0.496 e. The van der Waals surface area contributed by atoms with Crippen LogP contribution in [0.15, 0.2) is 48.1 Å². The van der Waals surface area contributed by atoms with Crippen LogP contribution in [0.4, 0.5) is 5.82 Å². The van der Waals surface area contributed by atoms with Crippen LogP contribution in [0.2, 0.25) is 0 Å². The van der Waals surface area contributed by atoms with Crippen molar-refractivity contribution in [1.82, 2.24) is 23.8 Å². The summed E-state index contributed by atoms with van der Waals surface area (Å²) in [6.45, 7) is 5.52. The molecule has 0 spiro atoms. The minimum absolute atomic E-state index is 0.332. The van der Waals surface area contributed by atoms with Gasteiger partial charge in [0.1, 0.15) is 30.0 Å². The number of hydrogen-bond acceptors (Lipinski definition) is 7. The molecule has 0 atom stereocenters. The minimum Gasteiger partial charge on any atom is -0.496 e. The zero-order valence-electron chi connectivity index (χ0n) is 17.2. The molecule has 3 heterocycles. The SMILES string of the molecule is COc1cc(C)c(S(=O)(=O)N2CCN(c3cc(-n4ccnc4)ncn3)CC2)cc1C. The fourth-order valence-electron chi connectivity index (χ4n) is 3.60. The molecular weight excluding hydrogens is 404 g/mol. The lowest BCUT2D eigenvalue weighted by atomic mass is 10.1. The number of ether oxygens (including phenoxy) is 1. The fraction of sp³-hybridized carbons (Fsp3) is 0.350. The van der Waals surface area contributed by atoms with E-state index in [0.29, 0.717) is 42.4 Å². The molecule has 1 aliphatic heterocycles. The number of methoxy groups -OCH3 is 1. The first kappa shape index (κ1) is 20.3. The van der Waals surface area contributed by atoms with E-state index < -0.39 is 10.0 Å². The standard InChI is InChI=1S/C20H24N6O3S/c1-15-11-18(16(2)10-17(15)29-3)30(27,28)26-8-6-24(7-9-26)19-12-20(23-13-22-19)25-5-4-21-14-25/h4-5,10-14H,6-9H2,1-3H3. The van der Waals surface area contributed by atoms with E-state index >= 15 is 0 Å². The van der Waals surface area contributed by atoms with Crippen molar-refractivity contribution in [3.63, 3.8) is 0 Å². The van der Waals surface area contributed by atoms with Crippen LogP contribution >= 0.6 is 0 Å². The third-order valence-corrected chi connectivity index (χ3v) is 7.32. The van der Waals surface area contributed by atoms with Crippen molar-refractivity contribution in [3.8, 4) is 11.6 Å². The number of aryl methyl sites for hydroxylation is 2. The van der Waals surface area contributed by atoms with Gasteiger partial charge in [0.2, 0.25) is 10.0 Å². The van der Waals surface area contributed by atoms with Crippen molar-refractivity contribution >= 4 is 15.8 Å². The molecule has 1 aromatic carbocycles. The van der Waals surface area contributed by atoms with Gasteiger partial charge in [0.15, 0.2) is 0 Å². The molecule has 10 heteroatoms. The number of sulfonamides is 1. The number of aromatic nitrogens is 4. The van der Waals surface area contributed by atoms with Gasteiger partial charge in [-0.05, 0) is 37.1 Å². The Hall–Kier alpha value is -2.98. The molecule has 0 aliphatic carbocycles. The van der Waals surface area contributed by atoms with Gasteiger partial charge >= 0.3 is 0 Å². The lowest BCUT2D eigenvalue weighted by Gasteiger charge is -2.35. The Balaban J connectivity index is 1.51. The van der Waals surface area contributed by atoms with Crippen LogP contribution in [0.25, 0.3) is 5.82 Å². The molecule has 0 amide bonds. The smallest absolute Gasteiger partial charge is 0.243 e. The van der Waals surface area contributed by atoms with Gasteiger partial charge in [-0.25, -0.2) is 23.4 Å². The third kappa shape index (κ3) is 3.75. The van der Waals surface area contributed by atoms with Gasteiger partial charge in [-0.1, -0.05) is 0 Å². The lowest BCUT2D eigenvalue weighted by Crippen LogP contribution is -2.49. The second kappa shape index (κ2) is 8.04. The molecule has 0 unspecified atom stereocenters. The molecule has 1 fully saturated rings. The molecule has 2 aromatic heterocycles. The summed E-state index contributed by atoms with van der Waals surface area (Å²) in [6, 6.07) is 5.34. The maximum atomic E-state index is 13.2. The van der Waals surface area contributed by atoms with Gasteiger partial charge in [-0.3, -0.25) is 4.57 Å². The summed E-state index contributed by atoms with van der Waals surface area (Å²) in [5.74, 6) is 2.17. The second-order valence-corrected chi connectivity index (χ2v) is 9.09. The minimum atomic E-state index is -3.58. The van der Waals surface area contributed by atoms with E-state index in [1.807, 2.05) is 19.2 Å². The summed E-state index contributed by atoms with van der Waals surface area (Å²) in [4.78, 5) is 15.1. The van der Waals surface area contributed by atoms with Gasteiger partial charge in [0, 0.05) is 44.6 Å². The van der Waals surface area contributed by atoms with E-state index in [9.17, 15) is 8.42 Å². The number of nitrogens with zero attached hydrogens (tertiary/aromatic N) is 6. The highest BCUT2D eigenvalue weighted by Gasteiger charge is 2.30. The maximum absolute atomic E-state index is 13.2. The number of imidazole rings is 1. The van der Waals surface area contributed by atoms with E-state index in [1.165, 1.54) is 10.6 Å². The Morgan fingerprint density at radius 3 is 2.37 bits per heavy atom. The van der Waals surface area contributed by atoms with Crippen LogP contribution in [-0.2, 0) is 10.0 Å². The van der Waals surface area contributed by atoms with Gasteiger partial charge in [0.25, 0.3) is 0 Å². The first-order valence-corrected chi connectivity index (χ1v) is 11.0. The van der Waals surface area contributed by atoms with Gasteiger partial charge in [0.05, 0.1) is 12.0 Å². The summed E-state index contributed by atoms with van der Waals surface area (Å²) in [7, 11) is -2.00. The van der Waals surface area contributed by atoms with Gasteiger partial charge in [-0.2, -0.15) is 4.31 Å². The maximum Gasteiger partial charge on any atom is 0.243 e. The average Bonchev–Trinajstić information content (AvgIpc) is 3.30. The van der Waals surface area contributed by atoms with E-state index in [2.05, 4.69) is 19.9 Å². The van der Waals surface area contributed by atoms with E-state index in [0.717, 1.165) is 17.2 Å². The first-order valence-electron chi connectivity index (χ1n) is 9.61. The third-order valence-electron chi connectivity index (χ3n) is 5.28. The van der Waals surface area contributed by atoms with Crippen molar-refractivity contribution in [1.29, 1.82) is 0 Å². The van der Waals surface area contributed by atoms with Crippen LogP contribution in [-0.4, -0.2) is 65.5 Å². The zero-order valence-corrected chi connectivity index (χ0v) is 18.0. The van der Waals surface area contributed by atoms with E-state index in [1.54, 1.807) is 43.3 Å². The van der Waals surface area contributed by atoms with Crippen LogP contribution in [0, 0.1) is 13.8 Å². The molecule has 1 saturated heterocycles. The number of hydrogen-bond donors (Lipinski definition) is 0. The fourth-order valence-corrected chi connectivity index (χ4v) is 5.32. The average molecular weight is 429 g/mol. The lowest BCUT2D eigenvalue weighted by molar-refractivity contribution is 0.383. The summed E-state index contributed by atoms with van der Waals surface area (Å²) in [5.41, 5.74) is 1.48. The molecule has 30 heavy (non-hydrogen) atoms. The highest BCUT2D eigenvalue weighted by Crippen LogP contribution is 2.28. The predicted octanol–water partition coefficient (Wildman–Crippen LogP) is 1.80. The van der Waals surface area contributed by atoms with E-state index in [4.69, 9.17) is 4.74 Å². The predicted molar refractivity (Wildman–Crippen MR) is 113 cm³/mol. The first-order chi connectivity index (χ1) is 14.4. The highest BCUT2D eigenvalue weighted by atomic mass is 32.2. The number of rotatable bonds is 5. The molecule has 158 valence electrons.